The average molecular weight is 917 g/mol. The normalized spacial score (nSPS) is 14.1. The quantitative estimate of drug-likeness (QED) is 0.0375. The highest BCUT2D eigenvalue weighted by Crippen LogP contribution is 2.33. The lowest BCUT2D eigenvalue weighted by molar-refractivity contribution is -0.139. The van der Waals surface area contributed by atoms with Crippen molar-refractivity contribution in [1.82, 2.24) is 24.9 Å². The van der Waals surface area contributed by atoms with E-state index < -0.39 is 43.1 Å². The first kappa shape index (κ1) is 47.1. The number of phenolic OH excluding ortho intramolecular Hbond substituents is 1. The minimum absolute atomic E-state index is 0.0787. The number of hydrogen-bond donors (Lipinski definition) is 6. The number of nitrogens with two attached hydrogens (primary N) is 1. The zero-order valence-electron chi connectivity index (χ0n) is 35.3. The fourth-order valence-electron chi connectivity index (χ4n) is 7.54. The van der Waals surface area contributed by atoms with E-state index >= 15 is 0 Å². The number of carboxylic acid groups (broad SMARTS) is 1. The molecule has 0 radical (unpaired) electrons. The van der Waals surface area contributed by atoms with Crippen molar-refractivity contribution in [3.05, 3.63) is 101 Å². The van der Waals surface area contributed by atoms with Gasteiger partial charge in [-0.15, -0.1) is 5.10 Å². The van der Waals surface area contributed by atoms with Gasteiger partial charge in [0, 0.05) is 42.5 Å². The van der Waals surface area contributed by atoms with Crippen molar-refractivity contribution in [3.63, 3.8) is 0 Å². The van der Waals surface area contributed by atoms with Crippen LogP contribution in [-0.2, 0) is 48.7 Å². The summed E-state index contributed by atoms with van der Waals surface area (Å²) < 4.78 is 65.6. The number of carbonyl (C=O) groups is 2. The summed E-state index contributed by atoms with van der Waals surface area (Å²) in [6.07, 6.45) is 11.6. The van der Waals surface area contributed by atoms with E-state index in [0.29, 0.717) is 35.8 Å². The van der Waals surface area contributed by atoms with Crippen LogP contribution >= 0.6 is 0 Å². The van der Waals surface area contributed by atoms with Crippen LogP contribution in [0.1, 0.15) is 79.9 Å². The predicted octanol–water partition coefficient (Wildman–Crippen LogP) is 5.20. The van der Waals surface area contributed by atoms with Crippen molar-refractivity contribution >= 4 is 43.3 Å². The van der Waals surface area contributed by atoms with E-state index in [2.05, 4.69) is 30.2 Å². The fraction of sp³-hybridized carbons (Fsp3) is 0.364. The third-order valence-corrected chi connectivity index (χ3v) is 13.4. The second-order valence-corrected chi connectivity index (χ2v) is 19.2. The van der Waals surface area contributed by atoms with Crippen molar-refractivity contribution in [1.29, 1.82) is 5.41 Å². The topological polar surface area (TPSA) is 279 Å². The Balaban J connectivity index is 0.000000222. The summed E-state index contributed by atoms with van der Waals surface area (Å²) in [6.45, 7) is -0.132. The lowest BCUT2D eigenvalue weighted by Crippen LogP contribution is -2.26. The van der Waals surface area contributed by atoms with Crippen molar-refractivity contribution in [3.8, 4) is 28.4 Å². The van der Waals surface area contributed by atoms with Gasteiger partial charge in [-0.05, 0) is 114 Å². The van der Waals surface area contributed by atoms with Crippen molar-refractivity contribution < 1.29 is 46.1 Å². The number of benzene rings is 4. The van der Waals surface area contributed by atoms with Gasteiger partial charge in [0.1, 0.15) is 28.0 Å². The number of anilines is 1. The van der Waals surface area contributed by atoms with Gasteiger partial charge < -0.3 is 30.7 Å². The second kappa shape index (κ2) is 21.3. The van der Waals surface area contributed by atoms with E-state index in [9.17, 15) is 31.5 Å². The fourth-order valence-corrected chi connectivity index (χ4v) is 9.60. The average Bonchev–Trinajstić information content (AvgIpc) is 3.74. The highest BCUT2D eigenvalue weighted by atomic mass is 32.2. The van der Waals surface area contributed by atoms with Crippen LogP contribution in [0.4, 0.5) is 5.69 Å². The van der Waals surface area contributed by atoms with Crippen molar-refractivity contribution in [2.24, 2.45) is 5.73 Å². The van der Waals surface area contributed by atoms with Crippen LogP contribution in [0, 0.1) is 5.41 Å². The van der Waals surface area contributed by atoms with Crippen LogP contribution in [0.2, 0.25) is 0 Å². The Morgan fingerprint density at radius 2 is 1.72 bits per heavy atom. The Morgan fingerprint density at radius 3 is 2.47 bits per heavy atom. The number of aromatic nitrogens is 4. The van der Waals surface area contributed by atoms with Crippen LogP contribution in [0.25, 0.3) is 11.1 Å². The summed E-state index contributed by atoms with van der Waals surface area (Å²) in [4.78, 5) is 22.2. The number of tetrazole rings is 1. The SMILES string of the molecule is CS(=O)(=O)c1ccccc1-c1ccc(CCNS(=O)(=O)c2cc(C(=N)N)ccc2O)c(OCC(=O)O)c1.O=C1CCc2cc(OCCCCc3nnnn3C3CCCCC3)ccc2N1. The number of nitrogens with zero attached hydrogens (tertiary/aromatic N) is 4. The summed E-state index contributed by atoms with van der Waals surface area (Å²) in [5.41, 5.74) is 8.92. The Labute approximate surface area is 371 Å². The first-order valence-corrected chi connectivity index (χ1v) is 24.2. The number of sulfonamides is 1. The van der Waals surface area contributed by atoms with Gasteiger partial charge >= 0.3 is 5.97 Å². The maximum absolute atomic E-state index is 12.7. The van der Waals surface area contributed by atoms with E-state index in [1.165, 1.54) is 50.3 Å². The molecule has 7 rings (SSSR count). The molecule has 1 aromatic heterocycles. The lowest BCUT2D eigenvalue weighted by Gasteiger charge is -2.22. The van der Waals surface area contributed by atoms with Gasteiger partial charge in [0.25, 0.3) is 0 Å². The minimum Gasteiger partial charge on any atom is -0.507 e. The molecule has 0 bridgehead atoms. The minimum atomic E-state index is -4.18. The molecule has 5 aromatic rings. The summed E-state index contributed by atoms with van der Waals surface area (Å²) in [5.74, 6) is -0.000533. The molecule has 0 atom stereocenters. The number of nitrogens with one attached hydrogen (secondary N) is 3. The molecule has 1 aliphatic carbocycles. The number of ether oxygens (including phenoxy) is 2. The number of fused-ring (bicyclic) bond motifs is 1. The van der Waals surface area contributed by atoms with Gasteiger partial charge in [0.2, 0.25) is 15.9 Å². The molecule has 18 nitrogen and oxygen atoms in total. The summed E-state index contributed by atoms with van der Waals surface area (Å²) in [6, 6.07) is 20.9. The van der Waals surface area contributed by atoms with Gasteiger partial charge in [0.15, 0.2) is 22.3 Å². The number of sulfone groups is 1. The molecule has 1 aliphatic heterocycles. The number of aromatic hydroxyl groups is 1. The van der Waals surface area contributed by atoms with Crippen LogP contribution in [0.15, 0.2) is 88.7 Å². The maximum Gasteiger partial charge on any atom is 0.341 e. The first-order valence-electron chi connectivity index (χ1n) is 20.9. The highest BCUT2D eigenvalue weighted by Gasteiger charge is 2.22. The molecule has 340 valence electrons. The second-order valence-electron chi connectivity index (χ2n) is 15.5. The number of rotatable bonds is 18. The number of amidine groups is 1. The highest BCUT2D eigenvalue weighted by molar-refractivity contribution is 7.91. The van der Waals surface area contributed by atoms with Crippen LogP contribution < -0.4 is 25.2 Å². The molecule has 0 unspecified atom stereocenters. The number of phenols is 1. The molecule has 64 heavy (non-hydrogen) atoms. The standard InChI is InChI=1S/C24H25N3O8S2.C20H27N5O2/c1-36(31,32)21-5-3-2-4-18(21)16-7-6-15(20(12-16)35-14-23(29)30)10-11-27-37(33,34)22-13-17(24(25)26)8-9-19(22)28;26-20-12-9-15-14-17(10-11-18(15)21-20)27-13-5-4-8-19-22-23-24-25(19)16-6-2-1-3-7-16/h2-9,12-13,27-28H,10-11,14H2,1H3,(H3,25,26)(H,29,30);10-11,14,16H,1-9,12-13H2,(H,21,26). The van der Waals surface area contributed by atoms with Gasteiger partial charge in [-0.3, -0.25) is 10.2 Å². The molecule has 20 heteroatoms. The number of hydrogen-bond acceptors (Lipinski definition) is 13. The predicted molar refractivity (Wildman–Crippen MR) is 238 cm³/mol. The smallest absolute Gasteiger partial charge is 0.341 e. The summed E-state index contributed by atoms with van der Waals surface area (Å²) >= 11 is 0. The van der Waals surface area contributed by atoms with Crippen molar-refractivity contribution in [2.75, 3.05) is 31.3 Å². The molecule has 1 fully saturated rings. The number of unbranched alkanes of at least 4 members (excludes halogenated alkanes) is 1. The third kappa shape index (κ3) is 12.6. The number of carbonyl (C=O) groups excluding carboxylic acids is 1. The van der Waals surface area contributed by atoms with Gasteiger partial charge in [-0.25, -0.2) is 31.0 Å². The Morgan fingerprint density at radius 1 is 0.938 bits per heavy atom. The third-order valence-electron chi connectivity index (χ3n) is 10.8. The number of aliphatic carboxylic acids is 1. The van der Waals surface area contributed by atoms with E-state index in [1.807, 2.05) is 18.2 Å². The van der Waals surface area contributed by atoms with Gasteiger partial charge in [-0.2, -0.15) is 0 Å². The largest absolute Gasteiger partial charge is 0.507 e. The molecular weight excluding hydrogens is 865 g/mol. The number of aryl methyl sites for hydroxylation is 2. The van der Waals surface area contributed by atoms with Gasteiger partial charge in [0.05, 0.1) is 17.5 Å². The maximum atomic E-state index is 12.7. The van der Waals surface area contributed by atoms with Crippen LogP contribution in [0.3, 0.4) is 0 Å². The molecule has 2 heterocycles. The van der Waals surface area contributed by atoms with E-state index in [1.54, 1.807) is 30.3 Å². The number of amides is 1. The molecule has 0 saturated heterocycles. The number of nitrogen functional groups attached to an aromatic ring is 1. The molecule has 7 N–H and O–H groups in total. The zero-order valence-corrected chi connectivity index (χ0v) is 37.0. The van der Waals surface area contributed by atoms with Gasteiger partial charge in [-0.1, -0.05) is 49.6 Å². The summed E-state index contributed by atoms with van der Waals surface area (Å²) in [7, 11) is -7.74. The van der Waals surface area contributed by atoms with Crippen LogP contribution in [0.5, 0.6) is 17.2 Å². The molecule has 4 aromatic carbocycles. The summed E-state index contributed by atoms with van der Waals surface area (Å²) in [5, 5.41) is 41.8. The molecule has 0 spiro atoms. The molecule has 2 aliphatic rings. The Bertz CT molecular complexity index is 2700. The van der Waals surface area contributed by atoms with E-state index in [4.69, 9.17) is 25.7 Å². The Kier molecular flexibility index (Phi) is 15.7. The first-order chi connectivity index (χ1) is 30.6. The van der Waals surface area contributed by atoms with Crippen molar-refractivity contribution in [2.45, 2.75) is 86.5 Å². The van der Waals surface area contributed by atoms with E-state index in [-0.39, 0.29) is 40.9 Å². The monoisotopic (exact) mass is 916 g/mol. The number of carboxylic acids is 1. The molecule has 1 amide bonds. The molecular formula is C44H52N8O10S2. The zero-order chi connectivity index (χ0) is 45.9. The lowest BCUT2D eigenvalue weighted by atomic mass is 9.95. The Hall–Kier alpha value is -6.38. The molecule has 1 saturated carbocycles. The van der Waals surface area contributed by atoms with E-state index in [0.717, 1.165) is 66.9 Å². The van der Waals surface area contributed by atoms with Crippen LogP contribution in [-0.4, -0.2) is 91.0 Å².